The predicted molar refractivity (Wildman–Crippen MR) is 89.2 cm³/mol. The van der Waals surface area contributed by atoms with Gasteiger partial charge in [0.15, 0.2) is 0 Å². The zero-order valence-corrected chi connectivity index (χ0v) is 13.8. The molecule has 0 bridgehead atoms. The highest BCUT2D eigenvalue weighted by atomic mass is 14.0. The summed E-state index contributed by atoms with van der Waals surface area (Å²) in [6.45, 7) is 11.1. The van der Waals surface area contributed by atoms with E-state index in [1.165, 1.54) is 48.8 Å². The average Bonchev–Trinajstić information content (AvgIpc) is 2.35. The molecule has 0 aliphatic rings. The summed E-state index contributed by atoms with van der Waals surface area (Å²) in [6, 6.07) is 0. The number of allylic oxidation sites excluding steroid dienone is 6. The molecule has 19 heavy (non-hydrogen) atoms. The summed E-state index contributed by atoms with van der Waals surface area (Å²) in [4.78, 5) is 0. The molecular formula is C19H33. The SMILES string of the molecule is CCCC[CH]C/C=C(\C)C/C=C(\C)CCC=C(C)C. The Hall–Kier alpha value is -0.780. The lowest BCUT2D eigenvalue weighted by atomic mass is 10.1. The van der Waals surface area contributed by atoms with Crippen molar-refractivity contribution in [2.45, 2.75) is 79.6 Å². The molecule has 0 saturated heterocycles. The van der Waals surface area contributed by atoms with E-state index in [2.05, 4.69) is 59.3 Å². The fraction of sp³-hybridized carbons (Fsp3) is 0.632. The van der Waals surface area contributed by atoms with Crippen LogP contribution in [0.1, 0.15) is 79.6 Å². The van der Waals surface area contributed by atoms with Crippen LogP contribution in [0.15, 0.2) is 34.9 Å². The van der Waals surface area contributed by atoms with Gasteiger partial charge < -0.3 is 0 Å². The number of hydrogen-bond donors (Lipinski definition) is 0. The van der Waals surface area contributed by atoms with Crippen LogP contribution in [0.5, 0.6) is 0 Å². The Morgan fingerprint density at radius 1 is 0.842 bits per heavy atom. The molecule has 0 amide bonds. The lowest BCUT2D eigenvalue weighted by Crippen LogP contribution is -1.81. The standard InChI is InChI=1S/C19H33/c1-6-7-8-9-10-13-18(4)15-16-19(5)14-11-12-17(2)3/h9,12-13,16H,6-8,10-11,14-15H2,1-5H3/b18-13+,19-16+. The fourth-order valence-electron chi connectivity index (χ4n) is 1.86. The highest BCUT2D eigenvalue weighted by Gasteiger charge is 1.92. The van der Waals surface area contributed by atoms with Crippen LogP contribution in [0.25, 0.3) is 0 Å². The maximum Gasteiger partial charge on any atom is -0.0139 e. The van der Waals surface area contributed by atoms with Crippen molar-refractivity contribution in [1.82, 2.24) is 0 Å². The zero-order chi connectivity index (χ0) is 14.5. The summed E-state index contributed by atoms with van der Waals surface area (Å²) in [6.07, 6.45) is 18.0. The highest BCUT2D eigenvalue weighted by molar-refractivity contribution is 5.10. The Morgan fingerprint density at radius 3 is 2.21 bits per heavy atom. The number of rotatable bonds is 10. The molecular weight excluding hydrogens is 228 g/mol. The van der Waals surface area contributed by atoms with Crippen molar-refractivity contribution in [3.05, 3.63) is 41.4 Å². The molecule has 0 fully saturated rings. The minimum Gasteiger partial charge on any atom is -0.0856 e. The maximum absolute atomic E-state index is 2.40. The minimum atomic E-state index is 1.11. The third kappa shape index (κ3) is 13.5. The van der Waals surface area contributed by atoms with E-state index in [-0.39, 0.29) is 0 Å². The molecule has 0 aromatic carbocycles. The van der Waals surface area contributed by atoms with E-state index in [0.29, 0.717) is 0 Å². The van der Waals surface area contributed by atoms with E-state index in [1.807, 2.05) is 0 Å². The van der Waals surface area contributed by atoms with Gasteiger partial charge in [0.25, 0.3) is 0 Å². The first-order valence-electron chi connectivity index (χ1n) is 7.82. The summed E-state index contributed by atoms with van der Waals surface area (Å²) in [5.74, 6) is 0. The molecule has 0 nitrogen and oxygen atoms in total. The van der Waals surface area contributed by atoms with Crippen molar-refractivity contribution in [2.24, 2.45) is 0 Å². The van der Waals surface area contributed by atoms with Crippen LogP contribution in [0.4, 0.5) is 0 Å². The third-order valence-corrected chi connectivity index (χ3v) is 3.26. The van der Waals surface area contributed by atoms with Crippen molar-refractivity contribution < 1.29 is 0 Å². The van der Waals surface area contributed by atoms with Gasteiger partial charge >= 0.3 is 0 Å². The summed E-state index contributed by atoms with van der Waals surface area (Å²) >= 11 is 0. The summed E-state index contributed by atoms with van der Waals surface area (Å²) < 4.78 is 0. The van der Waals surface area contributed by atoms with Gasteiger partial charge in [-0.3, -0.25) is 0 Å². The monoisotopic (exact) mass is 261 g/mol. The Kier molecular flexibility index (Phi) is 11.8. The molecule has 0 unspecified atom stereocenters. The van der Waals surface area contributed by atoms with E-state index < -0.39 is 0 Å². The van der Waals surface area contributed by atoms with E-state index in [0.717, 1.165) is 12.8 Å². The van der Waals surface area contributed by atoms with Gasteiger partial charge in [0.1, 0.15) is 0 Å². The quantitative estimate of drug-likeness (QED) is 0.299. The molecule has 0 heteroatoms. The van der Waals surface area contributed by atoms with Crippen molar-refractivity contribution in [1.29, 1.82) is 0 Å². The van der Waals surface area contributed by atoms with Crippen LogP contribution >= 0.6 is 0 Å². The van der Waals surface area contributed by atoms with Gasteiger partial charge in [-0.25, -0.2) is 0 Å². The Bertz CT molecular complexity index is 298. The number of unbranched alkanes of at least 4 members (excludes halogenated alkanes) is 4. The van der Waals surface area contributed by atoms with E-state index in [9.17, 15) is 0 Å². The molecule has 0 rings (SSSR count). The van der Waals surface area contributed by atoms with Gasteiger partial charge in [-0.1, -0.05) is 54.7 Å². The smallest absolute Gasteiger partial charge is 0.0139 e. The van der Waals surface area contributed by atoms with Gasteiger partial charge in [0.2, 0.25) is 0 Å². The van der Waals surface area contributed by atoms with Crippen LogP contribution in [0.2, 0.25) is 0 Å². The summed E-state index contributed by atoms with van der Waals surface area (Å²) in [7, 11) is 0. The number of hydrogen-bond acceptors (Lipinski definition) is 0. The van der Waals surface area contributed by atoms with Crippen molar-refractivity contribution in [3.63, 3.8) is 0 Å². The van der Waals surface area contributed by atoms with E-state index in [4.69, 9.17) is 0 Å². The molecule has 109 valence electrons. The zero-order valence-electron chi connectivity index (χ0n) is 13.8. The van der Waals surface area contributed by atoms with Crippen LogP contribution in [-0.2, 0) is 0 Å². The minimum absolute atomic E-state index is 1.11. The maximum atomic E-state index is 2.40. The molecule has 0 aliphatic heterocycles. The predicted octanol–water partition coefficient (Wildman–Crippen LogP) is 6.80. The second kappa shape index (κ2) is 12.3. The molecule has 0 spiro atoms. The van der Waals surface area contributed by atoms with Gasteiger partial charge in [-0.15, -0.1) is 0 Å². The van der Waals surface area contributed by atoms with Gasteiger partial charge in [0.05, 0.1) is 0 Å². The molecule has 0 aromatic heterocycles. The molecule has 0 saturated carbocycles. The second-order valence-electron chi connectivity index (χ2n) is 5.79. The van der Waals surface area contributed by atoms with Gasteiger partial charge in [0, 0.05) is 0 Å². The molecule has 0 aromatic rings. The van der Waals surface area contributed by atoms with Crippen LogP contribution in [0, 0.1) is 6.42 Å². The second-order valence-corrected chi connectivity index (χ2v) is 5.79. The third-order valence-electron chi connectivity index (χ3n) is 3.26. The Morgan fingerprint density at radius 2 is 1.58 bits per heavy atom. The lowest BCUT2D eigenvalue weighted by molar-refractivity contribution is 0.770. The summed E-state index contributed by atoms with van der Waals surface area (Å²) in [5, 5.41) is 0. The first-order valence-corrected chi connectivity index (χ1v) is 7.82. The van der Waals surface area contributed by atoms with E-state index in [1.54, 1.807) is 0 Å². The van der Waals surface area contributed by atoms with Gasteiger partial charge in [-0.2, -0.15) is 0 Å². The first kappa shape index (κ1) is 18.2. The van der Waals surface area contributed by atoms with Crippen LogP contribution in [0.3, 0.4) is 0 Å². The molecule has 0 aliphatic carbocycles. The van der Waals surface area contributed by atoms with Crippen molar-refractivity contribution >= 4 is 0 Å². The lowest BCUT2D eigenvalue weighted by Gasteiger charge is -2.01. The summed E-state index contributed by atoms with van der Waals surface area (Å²) in [5.41, 5.74) is 4.43. The van der Waals surface area contributed by atoms with Crippen LogP contribution in [-0.4, -0.2) is 0 Å². The van der Waals surface area contributed by atoms with Crippen molar-refractivity contribution in [2.75, 3.05) is 0 Å². The Balaban J connectivity index is 3.82. The van der Waals surface area contributed by atoms with Crippen LogP contribution < -0.4 is 0 Å². The molecule has 0 heterocycles. The Labute approximate surface area is 121 Å². The normalized spacial score (nSPS) is 12.7. The fourth-order valence-corrected chi connectivity index (χ4v) is 1.86. The molecule has 1 radical (unpaired) electrons. The van der Waals surface area contributed by atoms with E-state index >= 15 is 0 Å². The molecule has 0 N–H and O–H groups in total. The average molecular weight is 261 g/mol. The topological polar surface area (TPSA) is 0 Å². The highest BCUT2D eigenvalue weighted by Crippen LogP contribution is 2.12. The first-order chi connectivity index (χ1) is 9.06. The van der Waals surface area contributed by atoms with Crippen molar-refractivity contribution in [3.8, 4) is 0 Å². The van der Waals surface area contributed by atoms with Gasteiger partial charge in [-0.05, 0) is 66.2 Å². The molecule has 0 atom stereocenters. The largest absolute Gasteiger partial charge is 0.0856 e.